The van der Waals surface area contributed by atoms with Gasteiger partial charge in [-0.1, -0.05) is 23.2 Å². The number of hydrogen-bond acceptors (Lipinski definition) is 2. The summed E-state index contributed by atoms with van der Waals surface area (Å²) in [5, 5.41) is 7.86. The smallest absolute Gasteiger partial charge is 0.170 e. The molecule has 0 radical (unpaired) electrons. The van der Waals surface area contributed by atoms with Crippen molar-refractivity contribution >= 4 is 46.2 Å². The predicted octanol–water partition coefficient (Wildman–Crippen LogP) is 3.62. The number of halogens is 2. The van der Waals surface area contributed by atoms with Gasteiger partial charge in [0.15, 0.2) is 5.11 Å². The number of methoxy groups -OCH3 is 1. The van der Waals surface area contributed by atoms with Crippen molar-refractivity contribution in [3.8, 4) is 0 Å². The van der Waals surface area contributed by atoms with E-state index >= 15 is 0 Å². The Labute approximate surface area is 123 Å². The van der Waals surface area contributed by atoms with Crippen LogP contribution in [-0.2, 0) is 4.74 Å². The van der Waals surface area contributed by atoms with Gasteiger partial charge in [-0.2, -0.15) is 0 Å². The third-order valence-corrected chi connectivity index (χ3v) is 3.27. The van der Waals surface area contributed by atoms with Gasteiger partial charge >= 0.3 is 0 Å². The topological polar surface area (TPSA) is 33.3 Å². The lowest BCUT2D eigenvalue weighted by atomic mass is 10.2. The SMILES string of the molecule is COCCCNC(=S)Nc1cc(Cl)c(C)cc1Cl. The lowest BCUT2D eigenvalue weighted by molar-refractivity contribution is 0.196. The van der Waals surface area contributed by atoms with Gasteiger partial charge in [0, 0.05) is 25.3 Å². The molecule has 0 saturated heterocycles. The number of benzene rings is 1. The van der Waals surface area contributed by atoms with E-state index in [4.69, 9.17) is 40.2 Å². The number of ether oxygens (including phenoxy) is 1. The zero-order valence-electron chi connectivity index (χ0n) is 10.3. The van der Waals surface area contributed by atoms with Gasteiger partial charge in [0.25, 0.3) is 0 Å². The van der Waals surface area contributed by atoms with Gasteiger partial charge < -0.3 is 15.4 Å². The molecule has 1 rings (SSSR count). The van der Waals surface area contributed by atoms with Crippen LogP contribution < -0.4 is 10.6 Å². The van der Waals surface area contributed by atoms with Crippen molar-refractivity contribution in [2.24, 2.45) is 0 Å². The second kappa shape index (κ2) is 7.79. The number of anilines is 1. The summed E-state index contributed by atoms with van der Waals surface area (Å²) in [7, 11) is 1.67. The van der Waals surface area contributed by atoms with Gasteiger partial charge in [0.05, 0.1) is 10.7 Å². The van der Waals surface area contributed by atoms with Gasteiger partial charge in [-0.25, -0.2) is 0 Å². The monoisotopic (exact) mass is 306 g/mol. The molecule has 6 heteroatoms. The predicted molar refractivity (Wildman–Crippen MR) is 81.9 cm³/mol. The molecule has 0 aliphatic rings. The van der Waals surface area contributed by atoms with Gasteiger partial charge in [0.1, 0.15) is 0 Å². The zero-order valence-corrected chi connectivity index (χ0v) is 12.7. The standard InChI is InChI=1S/C12H16Cl2N2OS/c1-8-6-10(14)11(7-9(8)13)16-12(18)15-4-3-5-17-2/h6-7H,3-5H2,1-2H3,(H2,15,16,18). The van der Waals surface area contributed by atoms with Crippen LogP contribution in [0, 0.1) is 6.92 Å². The Morgan fingerprint density at radius 3 is 2.72 bits per heavy atom. The van der Waals surface area contributed by atoms with E-state index in [1.807, 2.05) is 6.92 Å². The van der Waals surface area contributed by atoms with E-state index in [1.165, 1.54) is 0 Å². The van der Waals surface area contributed by atoms with Crippen molar-refractivity contribution in [1.29, 1.82) is 0 Å². The molecule has 1 aromatic rings. The zero-order chi connectivity index (χ0) is 13.5. The van der Waals surface area contributed by atoms with Crippen molar-refractivity contribution in [3.05, 3.63) is 27.7 Å². The van der Waals surface area contributed by atoms with Crippen LogP contribution in [0.15, 0.2) is 12.1 Å². The maximum atomic E-state index is 6.10. The van der Waals surface area contributed by atoms with E-state index in [0.29, 0.717) is 27.5 Å². The second-order valence-electron chi connectivity index (χ2n) is 3.81. The molecule has 0 spiro atoms. The first kappa shape index (κ1) is 15.5. The van der Waals surface area contributed by atoms with Crippen LogP contribution >= 0.6 is 35.4 Å². The fraction of sp³-hybridized carbons (Fsp3) is 0.417. The third-order valence-electron chi connectivity index (χ3n) is 2.31. The van der Waals surface area contributed by atoms with Gasteiger partial charge in [-0.15, -0.1) is 0 Å². The average molecular weight is 307 g/mol. The molecule has 3 nitrogen and oxygen atoms in total. The Hall–Kier alpha value is -0.550. The fourth-order valence-electron chi connectivity index (χ4n) is 1.33. The Morgan fingerprint density at radius 1 is 1.33 bits per heavy atom. The molecule has 0 bridgehead atoms. The highest BCUT2D eigenvalue weighted by molar-refractivity contribution is 7.80. The van der Waals surface area contributed by atoms with Crippen molar-refractivity contribution in [1.82, 2.24) is 5.32 Å². The summed E-state index contributed by atoms with van der Waals surface area (Å²) in [6.45, 7) is 3.35. The van der Waals surface area contributed by atoms with Crippen LogP contribution in [0.4, 0.5) is 5.69 Å². The fourth-order valence-corrected chi connectivity index (χ4v) is 1.97. The largest absolute Gasteiger partial charge is 0.385 e. The van der Waals surface area contributed by atoms with Gasteiger partial charge in [-0.05, 0) is 43.3 Å². The van der Waals surface area contributed by atoms with Crippen LogP contribution in [-0.4, -0.2) is 25.4 Å². The Bertz CT molecular complexity index is 427. The van der Waals surface area contributed by atoms with Crippen molar-refractivity contribution in [2.45, 2.75) is 13.3 Å². The highest BCUT2D eigenvalue weighted by Crippen LogP contribution is 2.28. The summed E-state index contributed by atoms with van der Waals surface area (Å²) >= 11 is 17.3. The Morgan fingerprint density at radius 2 is 2.06 bits per heavy atom. The molecule has 0 aliphatic heterocycles. The highest BCUT2D eigenvalue weighted by atomic mass is 35.5. The highest BCUT2D eigenvalue weighted by Gasteiger charge is 2.06. The summed E-state index contributed by atoms with van der Waals surface area (Å²) in [6.07, 6.45) is 0.890. The molecular weight excluding hydrogens is 291 g/mol. The minimum Gasteiger partial charge on any atom is -0.385 e. The summed E-state index contributed by atoms with van der Waals surface area (Å²) in [5.74, 6) is 0. The molecular formula is C12H16Cl2N2OS. The molecule has 0 aromatic heterocycles. The molecule has 18 heavy (non-hydrogen) atoms. The van der Waals surface area contributed by atoms with Crippen LogP contribution in [0.3, 0.4) is 0 Å². The molecule has 2 N–H and O–H groups in total. The quantitative estimate of drug-likeness (QED) is 0.643. The number of thiocarbonyl (C=S) groups is 1. The number of nitrogens with one attached hydrogen (secondary N) is 2. The first-order chi connectivity index (χ1) is 8.54. The van der Waals surface area contributed by atoms with E-state index in [1.54, 1.807) is 19.2 Å². The molecule has 0 heterocycles. The minimum atomic E-state index is 0.521. The molecule has 0 atom stereocenters. The number of aryl methyl sites for hydroxylation is 1. The number of hydrogen-bond donors (Lipinski definition) is 2. The van der Waals surface area contributed by atoms with Crippen LogP contribution in [0.5, 0.6) is 0 Å². The first-order valence-electron chi connectivity index (χ1n) is 5.54. The van der Waals surface area contributed by atoms with Crippen LogP contribution in [0.25, 0.3) is 0 Å². The molecule has 0 amide bonds. The lowest BCUT2D eigenvalue weighted by Crippen LogP contribution is -2.29. The van der Waals surface area contributed by atoms with Crippen LogP contribution in [0.1, 0.15) is 12.0 Å². The maximum absolute atomic E-state index is 6.10. The molecule has 0 unspecified atom stereocenters. The van der Waals surface area contributed by atoms with E-state index in [9.17, 15) is 0 Å². The summed E-state index contributed by atoms with van der Waals surface area (Å²) in [5.41, 5.74) is 1.64. The first-order valence-corrected chi connectivity index (χ1v) is 6.70. The van der Waals surface area contributed by atoms with E-state index in [-0.39, 0.29) is 0 Å². The van der Waals surface area contributed by atoms with E-state index in [0.717, 1.165) is 18.5 Å². The molecule has 100 valence electrons. The number of rotatable bonds is 5. The van der Waals surface area contributed by atoms with E-state index in [2.05, 4.69) is 10.6 Å². The minimum absolute atomic E-state index is 0.521. The summed E-state index contributed by atoms with van der Waals surface area (Å²) in [4.78, 5) is 0. The summed E-state index contributed by atoms with van der Waals surface area (Å²) < 4.78 is 4.95. The van der Waals surface area contributed by atoms with Crippen LogP contribution in [0.2, 0.25) is 10.0 Å². The molecule has 0 saturated carbocycles. The maximum Gasteiger partial charge on any atom is 0.170 e. The molecule has 1 aromatic carbocycles. The second-order valence-corrected chi connectivity index (χ2v) is 5.03. The molecule has 0 fully saturated rings. The third kappa shape index (κ3) is 4.98. The molecule has 0 aliphatic carbocycles. The van der Waals surface area contributed by atoms with E-state index < -0.39 is 0 Å². The van der Waals surface area contributed by atoms with Crippen molar-refractivity contribution < 1.29 is 4.74 Å². The summed E-state index contributed by atoms with van der Waals surface area (Å²) in [6, 6.07) is 3.57. The Balaban J connectivity index is 2.51. The van der Waals surface area contributed by atoms with Crippen molar-refractivity contribution in [3.63, 3.8) is 0 Å². The average Bonchev–Trinajstić information content (AvgIpc) is 2.32. The Kier molecular flexibility index (Phi) is 6.71. The van der Waals surface area contributed by atoms with Crippen molar-refractivity contribution in [2.75, 3.05) is 25.6 Å². The van der Waals surface area contributed by atoms with Gasteiger partial charge in [-0.3, -0.25) is 0 Å². The van der Waals surface area contributed by atoms with Gasteiger partial charge in [0.2, 0.25) is 0 Å². The normalized spacial score (nSPS) is 10.2. The lowest BCUT2D eigenvalue weighted by Gasteiger charge is -2.12.